The molecule has 0 amide bonds. The molecule has 1 heterocycles. The molecule has 1 aliphatic carbocycles. The highest BCUT2D eigenvalue weighted by molar-refractivity contribution is 5.26. The molecule has 0 unspecified atom stereocenters. The largest absolute Gasteiger partial charge is 0.474 e. The van der Waals surface area contributed by atoms with Gasteiger partial charge in [-0.1, -0.05) is 13.3 Å². The number of hydrogen-bond acceptors (Lipinski definition) is 3. The number of nitrogens with zero attached hydrogens (tertiary/aromatic N) is 1. The van der Waals surface area contributed by atoms with Crippen molar-refractivity contribution in [1.29, 1.82) is 0 Å². The summed E-state index contributed by atoms with van der Waals surface area (Å²) in [5.74, 6) is 0.281. The lowest BCUT2D eigenvalue weighted by molar-refractivity contribution is 0.146. The van der Waals surface area contributed by atoms with Crippen molar-refractivity contribution in [3.05, 3.63) is 23.6 Å². The fourth-order valence-corrected chi connectivity index (χ4v) is 2.30. The molecule has 1 aromatic rings. The second-order valence-electron chi connectivity index (χ2n) is 4.78. The summed E-state index contributed by atoms with van der Waals surface area (Å²) in [4.78, 5) is 4.09. The minimum Gasteiger partial charge on any atom is -0.474 e. The average molecular weight is 252 g/mol. The molecule has 3 nitrogen and oxygen atoms in total. The van der Waals surface area contributed by atoms with E-state index in [4.69, 9.17) is 4.74 Å². The van der Waals surface area contributed by atoms with Crippen LogP contribution in [0.4, 0.5) is 4.39 Å². The number of aromatic nitrogens is 1. The van der Waals surface area contributed by atoms with Crippen LogP contribution >= 0.6 is 0 Å². The number of rotatable bonds is 5. The Morgan fingerprint density at radius 1 is 1.39 bits per heavy atom. The summed E-state index contributed by atoms with van der Waals surface area (Å²) >= 11 is 0. The molecule has 100 valence electrons. The van der Waals surface area contributed by atoms with Crippen LogP contribution in [-0.2, 0) is 6.54 Å². The Bertz CT molecular complexity index is 378. The van der Waals surface area contributed by atoms with Gasteiger partial charge in [0.05, 0.1) is 6.20 Å². The molecule has 0 spiro atoms. The van der Waals surface area contributed by atoms with Crippen LogP contribution in [0.15, 0.2) is 12.3 Å². The quantitative estimate of drug-likeness (QED) is 0.874. The molecule has 1 N–H and O–H groups in total. The third-order valence-corrected chi connectivity index (χ3v) is 3.29. The number of hydrogen-bond donors (Lipinski definition) is 1. The summed E-state index contributed by atoms with van der Waals surface area (Å²) in [5, 5.41) is 3.18. The second kappa shape index (κ2) is 6.69. The number of ether oxygens (including phenoxy) is 1. The maximum absolute atomic E-state index is 13.2. The lowest BCUT2D eigenvalue weighted by atomic mass is 9.98. The molecule has 0 saturated heterocycles. The highest BCUT2D eigenvalue weighted by Crippen LogP contribution is 2.24. The van der Waals surface area contributed by atoms with Gasteiger partial charge in [-0.25, -0.2) is 9.37 Å². The Morgan fingerprint density at radius 2 is 2.17 bits per heavy atom. The Kier molecular flexibility index (Phi) is 4.93. The first-order valence-corrected chi connectivity index (χ1v) is 6.81. The van der Waals surface area contributed by atoms with Crippen LogP contribution in [-0.4, -0.2) is 17.6 Å². The monoisotopic (exact) mass is 252 g/mol. The molecule has 4 heteroatoms. The van der Waals surface area contributed by atoms with Gasteiger partial charge in [0.15, 0.2) is 0 Å². The van der Waals surface area contributed by atoms with Crippen molar-refractivity contribution in [2.75, 3.05) is 6.54 Å². The highest BCUT2D eigenvalue weighted by atomic mass is 19.1. The Labute approximate surface area is 108 Å². The summed E-state index contributed by atoms with van der Waals surface area (Å²) in [6, 6.07) is 1.51. The minimum absolute atomic E-state index is 0.247. The fraction of sp³-hybridized carbons (Fsp3) is 0.643. The van der Waals surface area contributed by atoms with Gasteiger partial charge in [-0.15, -0.1) is 0 Å². The minimum atomic E-state index is -0.307. The van der Waals surface area contributed by atoms with E-state index in [0.717, 1.165) is 24.9 Å². The van der Waals surface area contributed by atoms with Crippen molar-refractivity contribution < 1.29 is 9.13 Å². The van der Waals surface area contributed by atoms with E-state index in [9.17, 15) is 4.39 Å². The fourth-order valence-electron chi connectivity index (χ4n) is 2.30. The number of nitrogens with one attached hydrogen (secondary N) is 1. The van der Waals surface area contributed by atoms with Crippen molar-refractivity contribution in [1.82, 2.24) is 10.3 Å². The van der Waals surface area contributed by atoms with E-state index >= 15 is 0 Å². The zero-order valence-electron chi connectivity index (χ0n) is 10.9. The van der Waals surface area contributed by atoms with Crippen LogP contribution in [0, 0.1) is 5.82 Å². The van der Waals surface area contributed by atoms with Gasteiger partial charge in [0.25, 0.3) is 0 Å². The van der Waals surface area contributed by atoms with Crippen LogP contribution in [0.3, 0.4) is 0 Å². The number of halogens is 1. The van der Waals surface area contributed by atoms with Crippen LogP contribution in [0.25, 0.3) is 0 Å². The van der Waals surface area contributed by atoms with Crippen LogP contribution in [0.1, 0.15) is 44.6 Å². The van der Waals surface area contributed by atoms with Crippen LogP contribution in [0.2, 0.25) is 0 Å². The number of pyridine rings is 1. The lowest BCUT2D eigenvalue weighted by Crippen LogP contribution is -2.22. The topological polar surface area (TPSA) is 34.2 Å². The molecular weight excluding hydrogens is 231 g/mol. The Balaban J connectivity index is 2.04. The SMILES string of the molecule is CCNCc1cc(F)cnc1OC1CCCCC1. The molecule has 18 heavy (non-hydrogen) atoms. The van der Waals surface area contributed by atoms with Gasteiger partial charge in [0, 0.05) is 12.1 Å². The zero-order valence-corrected chi connectivity index (χ0v) is 10.9. The summed E-state index contributed by atoms with van der Waals surface area (Å²) in [5.41, 5.74) is 0.808. The average Bonchev–Trinajstić information content (AvgIpc) is 2.40. The maximum atomic E-state index is 13.2. The summed E-state index contributed by atoms with van der Waals surface area (Å²) in [7, 11) is 0. The Morgan fingerprint density at radius 3 is 2.89 bits per heavy atom. The van der Waals surface area contributed by atoms with Crippen molar-refractivity contribution >= 4 is 0 Å². The van der Waals surface area contributed by atoms with E-state index in [1.54, 1.807) is 0 Å². The maximum Gasteiger partial charge on any atom is 0.218 e. The van der Waals surface area contributed by atoms with E-state index in [1.165, 1.54) is 31.5 Å². The summed E-state index contributed by atoms with van der Waals surface area (Å²) in [6.07, 6.45) is 7.37. The molecule has 0 bridgehead atoms. The molecule has 1 aliphatic rings. The first-order valence-electron chi connectivity index (χ1n) is 6.81. The van der Waals surface area contributed by atoms with Crippen molar-refractivity contribution in [3.63, 3.8) is 0 Å². The molecule has 0 radical (unpaired) electrons. The van der Waals surface area contributed by atoms with E-state index in [1.807, 2.05) is 6.92 Å². The van der Waals surface area contributed by atoms with Crippen molar-refractivity contribution in [3.8, 4) is 5.88 Å². The second-order valence-corrected chi connectivity index (χ2v) is 4.78. The molecule has 1 fully saturated rings. The standard InChI is InChI=1S/C14H21FN2O/c1-2-16-9-11-8-12(15)10-17-14(11)18-13-6-4-3-5-7-13/h8,10,13,16H,2-7,9H2,1H3. The predicted octanol–water partition coefficient (Wildman–Crippen LogP) is 3.04. The zero-order chi connectivity index (χ0) is 12.8. The molecule has 1 aromatic heterocycles. The molecule has 2 rings (SSSR count). The van der Waals surface area contributed by atoms with Crippen LogP contribution in [0.5, 0.6) is 5.88 Å². The Hall–Kier alpha value is -1.16. The van der Waals surface area contributed by atoms with Gasteiger partial charge in [-0.05, 0) is 38.3 Å². The lowest BCUT2D eigenvalue weighted by Gasteiger charge is -2.23. The van der Waals surface area contributed by atoms with E-state index in [2.05, 4.69) is 10.3 Å². The van der Waals surface area contributed by atoms with Crippen LogP contribution < -0.4 is 10.1 Å². The van der Waals surface area contributed by atoms with Gasteiger partial charge < -0.3 is 10.1 Å². The third-order valence-electron chi connectivity index (χ3n) is 3.29. The first-order chi connectivity index (χ1) is 8.79. The third kappa shape index (κ3) is 3.67. The van der Waals surface area contributed by atoms with Gasteiger partial charge in [-0.2, -0.15) is 0 Å². The summed E-state index contributed by atoms with van der Waals surface area (Å²) in [6.45, 7) is 3.47. The molecular formula is C14H21FN2O. The van der Waals surface area contributed by atoms with E-state index in [-0.39, 0.29) is 11.9 Å². The first kappa shape index (κ1) is 13.3. The molecule has 0 aromatic carbocycles. The van der Waals surface area contributed by atoms with Gasteiger partial charge in [0.1, 0.15) is 11.9 Å². The smallest absolute Gasteiger partial charge is 0.218 e. The molecule has 1 saturated carbocycles. The highest BCUT2D eigenvalue weighted by Gasteiger charge is 2.17. The van der Waals surface area contributed by atoms with E-state index in [0.29, 0.717) is 12.4 Å². The summed E-state index contributed by atoms with van der Waals surface area (Å²) < 4.78 is 19.1. The molecule has 0 aliphatic heterocycles. The molecule has 0 atom stereocenters. The van der Waals surface area contributed by atoms with Gasteiger partial charge in [0.2, 0.25) is 5.88 Å². The van der Waals surface area contributed by atoms with Crippen molar-refractivity contribution in [2.45, 2.75) is 51.7 Å². The predicted molar refractivity (Wildman–Crippen MR) is 69.1 cm³/mol. The van der Waals surface area contributed by atoms with Gasteiger partial charge in [-0.3, -0.25) is 0 Å². The van der Waals surface area contributed by atoms with Gasteiger partial charge >= 0.3 is 0 Å². The van der Waals surface area contributed by atoms with E-state index < -0.39 is 0 Å². The normalized spacial score (nSPS) is 16.8. The van der Waals surface area contributed by atoms with Crippen molar-refractivity contribution in [2.24, 2.45) is 0 Å².